The summed E-state index contributed by atoms with van der Waals surface area (Å²) in [6, 6.07) is 10.8. The number of rotatable bonds is 5. The van der Waals surface area contributed by atoms with E-state index in [4.69, 9.17) is 9.47 Å². The molecule has 1 fully saturated rings. The van der Waals surface area contributed by atoms with Gasteiger partial charge in [-0.05, 0) is 37.1 Å². The fourth-order valence-corrected chi connectivity index (χ4v) is 2.33. The molecule has 1 N–H and O–H groups in total. The van der Waals surface area contributed by atoms with Crippen LogP contribution in [0.25, 0.3) is 0 Å². The van der Waals surface area contributed by atoms with E-state index in [1.165, 1.54) is 6.20 Å². The van der Waals surface area contributed by atoms with Crippen LogP contribution >= 0.6 is 0 Å². The monoisotopic (exact) mass is 298 g/mol. The third kappa shape index (κ3) is 3.83. The van der Waals surface area contributed by atoms with Crippen LogP contribution in [0.1, 0.15) is 23.2 Å². The normalized spacial score (nSPS) is 17.2. The molecule has 1 saturated heterocycles. The lowest BCUT2D eigenvalue weighted by Crippen LogP contribution is -2.16. The van der Waals surface area contributed by atoms with Crippen LogP contribution in [-0.2, 0) is 4.74 Å². The molecule has 1 aromatic carbocycles. The van der Waals surface area contributed by atoms with E-state index in [-0.39, 0.29) is 12.0 Å². The van der Waals surface area contributed by atoms with Crippen molar-refractivity contribution in [3.05, 3.63) is 54.4 Å². The summed E-state index contributed by atoms with van der Waals surface area (Å²) in [5.41, 5.74) is 1.21. The third-order valence-corrected chi connectivity index (χ3v) is 3.48. The number of pyridine rings is 1. The summed E-state index contributed by atoms with van der Waals surface area (Å²) in [6.45, 7) is 1.36. The Kier molecular flexibility index (Phi) is 4.65. The van der Waals surface area contributed by atoms with Gasteiger partial charge in [-0.3, -0.25) is 9.78 Å². The van der Waals surface area contributed by atoms with Crippen molar-refractivity contribution in [1.29, 1.82) is 0 Å². The molecule has 0 bridgehead atoms. The Morgan fingerprint density at radius 1 is 1.36 bits per heavy atom. The molecule has 0 radical (unpaired) electrons. The Bertz CT molecular complexity index is 625. The van der Waals surface area contributed by atoms with Crippen LogP contribution in [0.15, 0.2) is 48.8 Å². The number of carbonyl (C=O) groups excluding carboxylic acids is 1. The van der Waals surface area contributed by atoms with Crippen molar-refractivity contribution in [2.75, 3.05) is 18.5 Å². The van der Waals surface area contributed by atoms with Crippen molar-refractivity contribution in [3.63, 3.8) is 0 Å². The highest BCUT2D eigenvalue weighted by atomic mass is 16.5. The third-order valence-electron chi connectivity index (χ3n) is 3.48. The van der Waals surface area contributed by atoms with Crippen LogP contribution in [0.5, 0.6) is 5.75 Å². The molecule has 1 aliphatic rings. The molecule has 0 aliphatic carbocycles. The van der Waals surface area contributed by atoms with Gasteiger partial charge in [0, 0.05) is 30.8 Å². The van der Waals surface area contributed by atoms with Crippen molar-refractivity contribution in [1.82, 2.24) is 4.98 Å². The second kappa shape index (κ2) is 7.04. The first-order valence-corrected chi connectivity index (χ1v) is 7.37. The second-order valence-corrected chi connectivity index (χ2v) is 5.17. The molecular formula is C17H18N2O3. The molecule has 0 unspecified atom stereocenters. The zero-order valence-electron chi connectivity index (χ0n) is 12.2. The van der Waals surface area contributed by atoms with Gasteiger partial charge in [0.2, 0.25) is 0 Å². The molecule has 5 heteroatoms. The van der Waals surface area contributed by atoms with Crippen LogP contribution in [0.2, 0.25) is 0 Å². The standard InChI is InChI=1S/C17H18N2O3/c20-17(13-4-2-8-18-11-13)19-14-5-1-6-15(10-14)22-12-16-7-3-9-21-16/h1-2,4-6,8,10-11,16H,3,7,9,12H2,(H,19,20)/t16-/m0/s1. The Hall–Kier alpha value is -2.40. The number of nitrogens with zero attached hydrogens (tertiary/aromatic N) is 1. The number of anilines is 1. The summed E-state index contributed by atoms with van der Waals surface area (Å²) in [4.78, 5) is 16.0. The van der Waals surface area contributed by atoms with Gasteiger partial charge >= 0.3 is 0 Å². The molecule has 5 nitrogen and oxygen atoms in total. The number of ether oxygens (including phenoxy) is 2. The van der Waals surface area contributed by atoms with Crippen molar-refractivity contribution in [2.24, 2.45) is 0 Å². The number of amides is 1. The van der Waals surface area contributed by atoms with Crippen LogP contribution in [-0.4, -0.2) is 30.2 Å². The SMILES string of the molecule is O=C(Nc1cccc(OC[C@@H]2CCCO2)c1)c1cccnc1. The lowest BCUT2D eigenvalue weighted by molar-refractivity contribution is 0.0680. The van der Waals surface area contributed by atoms with Crippen molar-refractivity contribution >= 4 is 11.6 Å². The quantitative estimate of drug-likeness (QED) is 0.922. The molecular weight excluding hydrogens is 280 g/mol. The summed E-state index contributed by atoms with van der Waals surface area (Å²) >= 11 is 0. The van der Waals surface area contributed by atoms with E-state index in [1.54, 1.807) is 18.3 Å². The highest BCUT2D eigenvalue weighted by Gasteiger charge is 2.16. The fraction of sp³-hybridized carbons (Fsp3) is 0.294. The molecule has 1 amide bonds. The number of carbonyl (C=O) groups is 1. The maximum atomic E-state index is 12.1. The predicted molar refractivity (Wildman–Crippen MR) is 83.1 cm³/mol. The summed E-state index contributed by atoms with van der Waals surface area (Å²) < 4.78 is 11.3. The van der Waals surface area contributed by atoms with E-state index in [1.807, 2.05) is 24.3 Å². The van der Waals surface area contributed by atoms with E-state index in [9.17, 15) is 4.79 Å². The highest BCUT2D eigenvalue weighted by molar-refractivity contribution is 6.04. The van der Waals surface area contributed by atoms with Gasteiger partial charge in [0.25, 0.3) is 5.91 Å². The summed E-state index contributed by atoms with van der Waals surface area (Å²) in [5.74, 6) is 0.531. The van der Waals surface area contributed by atoms with Crippen LogP contribution in [0.3, 0.4) is 0 Å². The van der Waals surface area contributed by atoms with Gasteiger partial charge < -0.3 is 14.8 Å². The number of hydrogen-bond donors (Lipinski definition) is 1. The van der Waals surface area contributed by atoms with Crippen LogP contribution < -0.4 is 10.1 Å². The first kappa shape index (κ1) is 14.5. The number of aromatic nitrogens is 1. The van der Waals surface area contributed by atoms with Gasteiger partial charge in [-0.1, -0.05) is 6.07 Å². The van der Waals surface area contributed by atoms with E-state index in [2.05, 4.69) is 10.3 Å². The van der Waals surface area contributed by atoms with Crippen molar-refractivity contribution < 1.29 is 14.3 Å². The molecule has 3 rings (SSSR count). The average molecular weight is 298 g/mol. The van der Waals surface area contributed by atoms with Gasteiger partial charge in [0.05, 0.1) is 11.7 Å². The van der Waals surface area contributed by atoms with Gasteiger partial charge in [0.1, 0.15) is 12.4 Å². The van der Waals surface area contributed by atoms with E-state index in [0.29, 0.717) is 17.9 Å². The summed E-state index contributed by atoms with van der Waals surface area (Å²) in [7, 11) is 0. The van der Waals surface area contributed by atoms with Gasteiger partial charge in [-0.2, -0.15) is 0 Å². The Balaban J connectivity index is 1.59. The minimum Gasteiger partial charge on any atom is -0.491 e. The zero-order chi connectivity index (χ0) is 15.2. The Morgan fingerprint density at radius 3 is 3.09 bits per heavy atom. The van der Waals surface area contributed by atoms with E-state index < -0.39 is 0 Å². The predicted octanol–water partition coefficient (Wildman–Crippen LogP) is 2.89. The molecule has 2 heterocycles. The smallest absolute Gasteiger partial charge is 0.257 e. The average Bonchev–Trinajstić information content (AvgIpc) is 3.08. The molecule has 1 atom stereocenters. The van der Waals surface area contributed by atoms with Crippen LogP contribution in [0.4, 0.5) is 5.69 Å². The maximum absolute atomic E-state index is 12.1. The molecule has 1 aliphatic heterocycles. The Labute approximate surface area is 129 Å². The van der Waals surface area contributed by atoms with Crippen molar-refractivity contribution in [3.8, 4) is 5.75 Å². The highest BCUT2D eigenvalue weighted by Crippen LogP contribution is 2.20. The molecule has 0 spiro atoms. The molecule has 22 heavy (non-hydrogen) atoms. The minimum absolute atomic E-state index is 0.175. The lowest BCUT2D eigenvalue weighted by atomic mass is 10.2. The van der Waals surface area contributed by atoms with Gasteiger partial charge in [0.15, 0.2) is 0 Å². The second-order valence-electron chi connectivity index (χ2n) is 5.17. The number of benzene rings is 1. The topological polar surface area (TPSA) is 60.5 Å². The largest absolute Gasteiger partial charge is 0.491 e. The Morgan fingerprint density at radius 2 is 2.32 bits per heavy atom. The van der Waals surface area contributed by atoms with Crippen LogP contribution in [0, 0.1) is 0 Å². The number of hydrogen-bond acceptors (Lipinski definition) is 4. The summed E-state index contributed by atoms with van der Waals surface area (Å²) in [6.07, 6.45) is 5.48. The van der Waals surface area contributed by atoms with Crippen molar-refractivity contribution in [2.45, 2.75) is 18.9 Å². The van der Waals surface area contributed by atoms with E-state index >= 15 is 0 Å². The summed E-state index contributed by atoms with van der Waals surface area (Å²) in [5, 5.41) is 2.84. The first-order chi connectivity index (χ1) is 10.8. The molecule has 0 saturated carbocycles. The van der Waals surface area contributed by atoms with E-state index in [0.717, 1.165) is 25.2 Å². The number of nitrogens with one attached hydrogen (secondary N) is 1. The molecule has 2 aromatic rings. The molecule has 114 valence electrons. The minimum atomic E-state index is -0.190. The fourth-order valence-electron chi connectivity index (χ4n) is 2.33. The lowest BCUT2D eigenvalue weighted by Gasteiger charge is -2.12. The van der Waals surface area contributed by atoms with Gasteiger partial charge in [-0.25, -0.2) is 0 Å². The molecule has 1 aromatic heterocycles. The zero-order valence-corrected chi connectivity index (χ0v) is 12.2. The first-order valence-electron chi connectivity index (χ1n) is 7.37. The maximum Gasteiger partial charge on any atom is 0.257 e. The van der Waals surface area contributed by atoms with Gasteiger partial charge in [-0.15, -0.1) is 0 Å².